The lowest BCUT2D eigenvalue weighted by Crippen LogP contribution is -2.23. The van der Waals surface area contributed by atoms with E-state index in [4.69, 9.17) is 10.8 Å². The number of benzene rings is 1. The van der Waals surface area contributed by atoms with E-state index in [1.54, 1.807) is 0 Å². The van der Waals surface area contributed by atoms with Gasteiger partial charge in [0.05, 0.1) is 16.3 Å². The van der Waals surface area contributed by atoms with Crippen LogP contribution in [-0.4, -0.2) is 29.1 Å². The van der Waals surface area contributed by atoms with Crippen LogP contribution >= 0.6 is 0 Å². The highest BCUT2D eigenvalue weighted by atomic mass is 16.6. The zero-order valence-corrected chi connectivity index (χ0v) is 10.2. The largest absolute Gasteiger partial charge is 0.477 e. The van der Waals surface area contributed by atoms with E-state index in [0.29, 0.717) is 18.8 Å². The van der Waals surface area contributed by atoms with Gasteiger partial charge in [0.2, 0.25) is 0 Å². The van der Waals surface area contributed by atoms with Gasteiger partial charge in [0.15, 0.2) is 0 Å². The lowest BCUT2D eigenvalue weighted by molar-refractivity contribution is -0.385. The highest BCUT2D eigenvalue weighted by Gasteiger charge is 2.23. The Hall–Kier alpha value is -2.31. The summed E-state index contributed by atoms with van der Waals surface area (Å²) in [5.74, 6) is -1.34. The molecule has 1 aromatic carbocycles. The molecule has 1 rings (SSSR count). The second-order valence-electron chi connectivity index (χ2n) is 3.66. The number of nitro groups is 1. The first kappa shape index (κ1) is 13.8. The normalized spacial score (nSPS) is 10.1. The van der Waals surface area contributed by atoms with Crippen LogP contribution < -0.4 is 10.6 Å². The van der Waals surface area contributed by atoms with E-state index in [9.17, 15) is 14.9 Å². The molecule has 0 radical (unpaired) electrons. The number of carboxylic acid groups (broad SMARTS) is 1. The van der Waals surface area contributed by atoms with Crippen LogP contribution in [0.25, 0.3) is 0 Å². The van der Waals surface area contributed by atoms with Crippen LogP contribution in [0.3, 0.4) is 0 Å². The SMILES string of the molecule is CCN(CC)c1cc(C(=O)O)c([N+](=O)[O-])cc1N. The van der Waals surface area contributed by atoms with Crippen molar-refractivity contribution in [3.8, 4) is 0 Å². The third-order valence-corrected chi connectivity index (χ3v) is 2.68. The number of carboxylic acids is 1. The van der Waals surface area contributed by atoms with E-state index in [1.165, 1.54) is 6.07 Å². The van der Waals surface area contributed by atoms with Crippen molar-refractivity contribution in [2.75, 3.05) is 23.7 Å². The first-order chi connectivity index (χ1) is 8.42. The van der Waals surface area contributed by atoms with Crippen LogP contribution in [-0.2, 0) is 0 Å². The van der Waals surface area contributed by atoms with Crippen LogP contribution in [0.5, 0.6) is 0 Å². The van der Waals surface area contributed by atoms with E-state index >= 15 is 0 Å². The summed E-state index contributed by atoms with van der Waals surface area (Å²) >= 11 is 0. The topological polar surface area (TPSA) is 110 Å². The zero-order valence-electron chi connectivity index (χ0n) is 10.2. The van der Waals surface area contributed by atoms with Gasteiger partial charge in [0, 0.05) is 19.2 Å². The fourth-order valence-corrected chi connectivity index (χ4v) is 1.75. The predicted molar refractivity (Wildman–Crippen MR) is 68.0 cm³/mol. The van der Waals surface area contributed by atoms with E-state index < -0.39 is 16.6 Å². The fraction of sp³-hybridized carbons (Fsp3) is 0.364. The van der Waals surface area contributed by atoms with Crippen molar-refractivity contribution in [3.05, 3.63) is 27.8 Å². The van der Waals surface area contributed by atoms with Crippen molar-refractivity contribution in [3.63, 3.8) is 0 Å². The maximum atomic E-state index is 11.0. The fourth-order valence-electron chi connectivity index (χ4n) is 1.75. The van der Waals surface area contributed by atoms with Crippen LogP contribution in [0, 0.1) is 10.1 Å². The minimum Gasteiger partial charge on any atom is -0.477 e. The summed E-state index contributed by atoms with van der Waals surface area (Å²) in [7, 11) is 0. The molecule has 0 fully saturated rings. The maximum absolute atomic E-state index is 11.0. The molecule has 0 amide bonds. The van der Waals surface area contributed by atoms with Gasteiger partial charge in [0.1, 0.15) is 5.56 Å². The van der Waals surface area contributed by atoms with Gasteiger partial charge in [0.25, 0.3) is 5.69 Å². The summed E-state index contributed by atoms with van der Waals surface area (Å²) in [6, 6.07) is 2.35. The Morgan fingerprint density at radius 3 is 2.39 bits per heavy atom. The number of carbonyl (C=O) groups is 1. The average Bonchev–Trinajstić information content (AvgIpc) is 2.31. The number of hydrogen-bond donors (Lipinski definition) is 2. The molecule has 0 bridgehead atoms. The third-order valence-electron chi connectivity index (χ3n) is 2.68. The number of nitrogens with two attached hydrogens (primary N) is 1. The van der Waals surface area contributed by atoms with Crippen molar-refractivity contribution in [2.45, 2.75) is 13.8 Å². The molecule has 0 saturated carbocycles. The number of nitrogens with zero attached hydrogens (tertiary/aromatic N) is 2. The monoisotopic (exact) mass is 253 g/mol. The first-order valence-electron chi connectivity index (χ1n) is 5.48. The molecule has 0 heterocycles. The molecule has 0 aliphatic carbocycles. The Morgan fingerprint density at radius 2 is 2.00 bits per heavy atom. The molecule has 98 valence electrons. The Bertz CT molecular complexity index is 483. The quantitative estimate of drug-likeness (QED) is 0.469. The van der Waals surface area contributed by atoms with Gasteiger partial charge in [-0.3, -0.25) is 10.1 Å². The minimum atomic E-state index is -1.34. The van der Waals surface area contributed by atoms with Gasteiger partial charge in [-0.15, -0.1) is 0 Å². The second-order valence-corrected chi connectivity index (χ2v) is 3.66. The van der Waals surface area contributed by atoms with Crippen molar-refractivity contribution >= 4 is 23.0 Å². The summed E-state index contributed by atoms with van der Waals surface area (Å²) in [4.78, 5) is 22.9. The van der Waals surface area contributed by atoms with Crippen molar-refractivity contribution in [2.24, 2.45) is 0 Å². The number of hydrogen-bond acceptors (Lipinski definition) is 5. The molecule has 0 spiro atoms. The lowest BCUT2D eigenvalue weighted by Gasteiger charge is -2.23. The average molecular weight is 253 g/mol. The molecule has 1 aromatic rings. The maximum Gasteiger partial charge on any atom is 0.342 e. The lowest BCUT2D eigenvalue weighted by atomic mass is 10.1. The number of nitro benzene ring substituents is 1. The molecule has 0 aromatic heterocycles. The van der Waals surface area contributed by atoms with Gasteiger partial charge in [-0.25, -0.2) is 4.79 Å². The second kappa shape index (κ2) is 5.35. The third kappa shape index (κ3) is 2.50. The Kier molecular flexibility index (Phi) is 4.09. The van der Waals surface area contributed by atoms with E-state index in [2.05, 4.69) is 0 Å². The molecule has 3 N–H and O–H groups in total. The smallest absolute Gasteiger partial charge is 0.342 e. The molecule has 0 atom stereocenters. The van der Waals surface area contributed by atoms with Gasteiger partial charge in [-0.1, -0.05) is 0 Å². The molecule has 18 heavy (non-hydrogen) atoms. The number of nitrogen functional groups attached to an aromatic ring is 1. The molecule has 0 saturated heterocycles. The number of rotatable bonds is 5. The van der Waals surface area contributed by atoms with Crippen LogP contribution in [0.1, 0.15) is 24.2 Å². The molecular formula is C11H15N3O4. The van der Waals surface area contributed by atoms with Crippen molar-refractivity contribution in [1.29, 1.82) is 0 Å². The number of aromatic carboxylic acids is 1. The van der Waals surface area contributed by atoms with Gasteiger partial charge in [-0.05, 0) is 19.9 Å². The van der Waals surface area contributed by atoms with Gasteiger partial charge < -0.3 is 15.7 Å². The predicted octanol–water partition coefficient (Wildman–Crippen LogP) is 1.72. The molecular weight excluding hydrogens is 238 g/mol. The number of anilines is 2. The summed E-state index contributed by atoms with van der Waals surface area (Å²) < 4.78 is 0. The minimum absolute atomic E-state index is 0.204. The zero-order chi connectivity index (χ0) is 13.9. The van der Waals surface area contributed by atoms with E-state index in [0.717, 1.165) is 6.07 Å². The Balaban J connectivity index is 3.44. The summed E-state index contributed by atoms with van der Waals surface area (Å²) in [6.07, 6.45) is 0. The van der Waals surface area contributed by atoms with Crippen LogP contribution in [0.15, 0.2) is 12.1 Å². The van der Waals surface area contributed by atoms with E-state index in [-0.39, 0.29) is 11.3 Å². The van der Waals surface area contributed by atoms with Crippen LogP contribution in [0.4, 0.5) is 17.1 Å². The summed E-state index contributed by atoms with van der Waals surface area (Å²) in [5, 5.41) is 19.8. The highest BCUT2D eigenvalue weighted by Crippen LogP contribution is 2.31. The van der Waals surface area contributed by atoms with Crippen molar-refractivity contribution < 1.29 is 14.8 Å². The van der Waals surface area contributed by atoms with Gasteiger partial charge in [-0.2, -0.15) is 0 Å². The Labute approximate surface area is 104 Å². The van der Waals surface area contributed by atoms with Crippen LogP contribution in [0.2, 0.25) is 0 Å². The summed E-state index contributed by atoms with van der Waals surface area (Å²) in [5.41, 5.74) is 5.61. The Morgan fingerprint density at radius 1 is 1.44 bits per heavy atom. The van der Waals surface area contributed by atoms with Gasteiger partial charge >= 0.3 is 5.97 Å². The molecule has 0 aliphatic heterocycles. The van der Waals surface area contributed by atoms with E-state index in [1.807, 2.05) is 18.7 Å². The molecule has 7 nitrogen and oxygen atoms in total. The van der Waals surface area contributed by atoms with Crippen molar-refractivity contribution in [1.82, 2.24) is 0 Å². The summed E-state index contributed by atoms with van der Waals surface area (Å²) in [6.45, 7) is 5.06. The molecule has 7 heteroatoms. The first-order valence-corrected chi connectivity index (χ1v) is 5.48. The molecule has 0 aliphatic rings. The highest BCUT2D eigenvalue weighted by molar-refractivity contribution is 5.95. The molecule has 0 unspecified atom stereocenters. The standard InChI is InChI=1S/C11H15N3O4/c1-3-13(4-2)10-5-7(11(15)16)9(14(17)18)6-8(10)12/h5-6H,3-4,12H2,1-2H3,(H,15,16).